The molecular weight excluding hydrogens is 233 g/mol. The van der Waals surface area contributed by atoms with Gasteiger partial charge in [0.25, 0.3) is 0 Å². The third kappa shape index (κ3) is 3.13. The number of rotatable bonds is 3. The minimum absolute atomic E-state index is 0.0498. The third-order valence-corrected chi connectivity index (χ3v) is 1.88. The van der Waals surface area contributed by atoms with E-state index in [1.165, 1.54) is 0 Å². The van der Waals surface area contributed by atoms with E-state index in [1.807, 2.05) is 0 Å². The van der Waals surface area contributed by atoms with Crippen molar-refractivity contribution in [2.24, 2.45) is 0 Å². The number of benzene rings is 1. The standard InChI is InChI=1S/C9H6ClF3O2/c10-6-1-5(2-7(11)3-6)4-9(12,13)8(14)15/h1-3H,4H2,(H,14,15). The molecule has 0 bridgehead atoms. The molecule has 0 unspecified atom stereocenters. The first-order valence-electron chi connectivity index (χ1n) is 3.87. The molecule has 0 fully saturated rings. The summed E-state index contributed by atoms with van der Waals surface area (Å²) in [5, 5.41) is 8.11. The summed E-state index contributed by atoms with van der Waals surface area (Å²) >= 11 is 5.43. The quantitative estimate of drug-likeness (QED) is 0.879. The van der Waals surface area contributed by atoms with Crippen LogP contribution in [-0.4, -0.2) is 17.0 Å². The van der Waals surface area contributed by atoms with Crippen molar-refractivity contribution in [2.45, 2.75) is 12.3 Å². The average molecular weight is 239 g/mol. The molecule has 0 amide bonds. The van der Waals surface area contributed by atoms with Gasteiger partial charge in [0.1, 0.15) is 5.82 Å². The van der Waals surface area contributed by atoms with E-state index >= 15 is 0 Å². The zero-order valence-corrected chi connectivity index (χ0v) is 8.06. The molecule has 1 rings (SSSR count). The van der Waals surface area contributed by atoms with Gasteiger partial charge in [0.15, 0.2) is 0 Å². The molecule has 0 aliphatic heterocycles. The Kier molecular flexibility index (Phi) is 3.24. The maximum absolute atomic E-state index is 12.7. The normalized spacial score (nSPS) is 11.5. The van der Waals surface area contributed by atoms with E-state index in [9.17, 15) is 18.0 Å². The molecule has 1 aromatic carbocycles. The Balaban J connectivity index is 2.94. The summed E-state index contributed by atoms with van der Waals surface area (Å²) in [4.78, 5) is 10.1. The topological polar surface area (TPSA) is 37.3 Å². The van der Waals surface area contributed by atoms with Crippen LogP contribution in [0.5, 0.6) is 0 Å². The van der Waals surface area contributed by atoms with Gasteiger partial charge in [-0.3, -0.25) is 0 Å². The highest BCUT2D eigenvalue weighted by Gasteiger charge is 2.38. The fraction of sp³-hybridized carbons (Fsp3) is 0.222. The van der Waals surface area contributed by atoms with E-state index in [2.05, 4.69) is 0 Å². The molecule has 82 valence electrons. The van der Waals surface area contributed by atoms with Crippen LogP contribution in [0.4, 0.5) is 13.2 Å². The van der Waals surface area contributed by atoms with Gasteiger partial charge in [-0.05, 0) is 23.8 Å². The van der Waals surface area contributed by atoms with Crippen molar-refractivity contribution in [2.75, 3.05) is 0 Å². The fourth-order valence-corrected chi connectivity index (χ4v) is 1.29. The zero-order chi connectivity index (χ0) is 11.6. The molecule has 0 saturated heterocycles. The second kappa shape index (κ2) is 4.10. The van der Waals surface area contributed by atoms with Crippen molar-refractivity contribution < 1.29 is 23.1 Å². The third-order valence-electron chi connectivity index (χ3n) is 1.66. The van der Waals surface area contributed by atoms with Crippen molar-refractivity contribution >= 4 is 17.6 Å². The van der Waals surface area contributed by atoms with Crippen LogP contribution in [0.25, 0.3) is 0 Å². The lowest BCUT2D eigenvalue weighted by atomic mass is 10.1. The van der Waals surface area contributed by atoms with Gasteiger partial charge in [-0.2, -0.15) is 8.78 Å². The largest absolute Gasteiger partial charge is 0.477 e. The summed E-state index contributed by atoms with van der Waals surface area (Å²) in [6.45, 7) is 0. The van der Waals surface area contributed by atoms with Crippen LogP contribution < -0.4 is 0 Å². The SMILES string of the molecule is O=C(O)C(F)(F)Cc1cc(F)cc(Cl)c1. The molecule has 0 aliphatic carbocycles. The van der Waals surface area contributed by atoms with Crippen LogP contribution in [0.1, 0.15) is 5.56 Å². The molecule has 0 saturated carbocycles. The van der Waals surface area contributed by atoms with Crippen molar-refractivity contribution in [3.05, 3.63) is 34.6 Å². The number of alkyl halides is 2. The molecule has 0 atom stereocenters. The van der Waals surface area contributed by atoms with Crippen molar-refractivity contribution in [1.29, 1.82) is 0 Å². The number of carbonyl (C=O) groups is 1. The Morgan fingerprint density at radius 1 is 1.40 bits per heavy atom. The Labute approximate surface area is 88.3 Å². The van der Waals surface area contributed by atoms with E-state index in [-0.39, 0.29) is 10.6 Å². The van der Waals surface area contributed by atoms with Gasteiger partial charge in [0.2, 0.25) is 0 Å². The zero-order valence-electron chi connectivity index (χ0n) is 7.31. The van der Waals surface area contributed by atoms with E-state index < -0.39 is 24.1 Å². The number of aliphatic carboxylic acids is 1. The van der Waals surface area contributed by atoms with Gasteiger partial charge < -0.3 is 5.11 Å². The number of carboxylic acid groups (broad SMARTS) is 1. The van der Waals surface area contributed by atoms with Gasteiger partial charge in [0.05, 0.1) is 0 Å². The molecule has 0 aliphatic rings. The number of carboxylic acids is 1. The van der Waals surface area contributed by atoms with E-state index in [1.54, 1.807) is 0 Å². The summed E-state index contributed by atoms with van der Waals surface area (Å²) in [6.07, 6.45) is -1.08. The van der Waals surface area contributed by atoms with Crippen LogP contribution in [0, 0.1) is 5.82 Å². The van der Waals surface area contributed by atoms with Gasteiger partial charge >= 0.3 is 11.9 Å². The second-order valence-corrected chi connectivity index (χ2v) is 3.40. The van der Waals surface area contributed by atoms with E-state index in [4.69, 9.17) is 16.7 Å². The van der Waals surface area contributed by atoms with Crippen LogP contribution in [0.3, 0.4) is 0 Å². The van der Waals surface area contributed by atoms with Gasteiger partial charge in [-0.15, -0.1) is 0 Å². The summed E-state index contributed by atoms with van der Waals surface area (Å²) in [5.41, 5.74) is -0.160. The van der Waals surface area contributed by atoms with Crippen molar-refractivity contribution in [3.8, 4) is 0 Å². The minimum atomic E-state index is -3.92. The lowest BCUT2D eigenvalue weighted by molar-refractivity contribution is -0.164. The van der Waals surface area contributed by atoms with Gasteiger partial charge in [0, 0.05) is 11.4 Å². The minimum Gasteiger partial charge on any atom is -0.477 e. The van der Waals surface area contributed by atoms with E-state index in [0.717, 1.165) is 18.2 Å². The van der Waals surface area contributed by atoms with E-state index in [0.29, 0.717) is 0 Å². The Morgan fingerprint density at radius 3 is 2.47 bits per heavy atom. The molecule has 6 heteroatoms. The van der Waals surface area contributed by atoms with Crippen LogP contribution >= 0.6 is 11.6 Å². The number of hydrogen-bond donors (Lipinski definition) is 1. The van der Waals surface area contributed by atoms with Crippen molar-refractivity contribution in [1.82, 2.24) is 0 Å². The average Bonchev–Trinajstić information content (AvgIpc) is 1.99. The summed E-state index contributed by atoms with van der Waals surface area (Å²) in [5.74, 6) is -6.95. The fourth-order valence-electron chi connectivity index (χ4n) is 1.04. The second-order valence-electron chi connectivity index (χ2n) is 2.96. The molecule has 15 heavy (non-hydrogen) atoms. The molecule has 0 aromatic heterocycles. The molecule has 0 radical (unpaired) electrons. The molecule has 1 N–H and O–H groups in total. The maximum atomic E-state index is 12.7. The summed E-state index contributed by atoms with van der Waals surface area (Å²) < 4.78 is 38.2. The van der Waals surface area contributed by atoms with Crippen molar-refractivity contribution in [3.63, 3.8) is 0 Å². The molecule has 2 nitrogen and oxygen atoms in total. The highest BCUT2D eigenvalue weighted by molar-refractivity contribution is 6.30. The molecule has 0 heterocycles. The number of hydrogen-bond acceptors (Lipinski definition) is 1. The van der Waals surface area contributed by atoms with Crippen LogP contribution in [0.2, 0.25) is 5.02 Å². The van der Waals surface area contributed by atoms with Gasteiger partial charge in [-0.25, -0.2) is 9.18 Å². The number of halogens is 4. The molecule has 0 spiro atoms. The first kappa shape index (κ1) is 11.8. The first-order chi connectivity index (χ1) is 6.81. The highest BCUT2D eigenvalue weighted by atomic mass is 35.5. The van der Waals surface area contributed by atoms with Crippen LogP contribution in [0.15, 0.2) is 18.2 Å². The maximum Gasteiger partial charge on any atom is 0.374 e. The lowest BCUT2D eigenvalue weighted by Crippen LogP contribution is -2.30. The Morgan fingerprint density at radius 2 is 2.00 bits per heavy atom. The monoisotopic (exact) mass is 238 g/mol. The predicted octanol–water partition coefficient (Wildman–Crippen LogP) is 2.74. The summed E-state index contributed by atoms with van der Waals surface area (Å²) in [7, 11) is 0. The predicted molar refractivity (Wildman–Crippen MR) is 47.7 cm³/mol. The highest BCUT2D eigenvalue weighted by Crippen LogP contribution is 2.23. The lowest BCUT2D eigenvalue weighted by Gasteiger charge is -2.11. The molecular formula is C9H6ClF3O2. The summed E-state index contributed by atoms with van der Waals surface area (Å²) in [6, 6.07) is 2.87. The smallest absolute Gasteiger partial charge is 0.374 e. The van der Waals surface area contributed by atoms with Crippen LogP contribution in [-0.2, 0) is 11.2 Å². The Hall–Kier alpha value is -1.23. The first-order valence-corrected chi connectivity index (χ1v) is 4.25. The Bertz CT molecular complexity index is 373. The van der Waals surface area contributed by atoms with Gasteiger partial charge in [-0.1, -0.05) is 11.6 Å². The molecule has 1 aromatic rings.